The monoisotopic (exact) mass is 336 g/mol. The quantitative estimate of drug-likeness (QED) is 0.816. The third-order valence-corrected chi connectivity index (χ3v) is 4.14. The first-order chi connectivity index (χ1) is 11.6. The number of hydrogen-bond acceptors (Lipinski definition) is 7. The molecule has 8 nitrogen and oxygen atoms in total. The summed E-state index contributed by atoms with van der Waals surface area (Å²) in [6.45, 7) is 6.71. The minimum absolute atomic E-state index is 0.228. The lowest BCUT2D eigenvalue weighted by Gasteiger charge is -2.31. The average Bonchev–Trinajstić information content (AvgIpc) is 2.60. The molecule has 0 aliphatic carbocycles. The summed E-state index contributed by atoms with van der Waals surface area (Å²) in [7, 11) is 2.02. The van der Waals surface area contributed by atoms with Gasteiger partial charge in [-0.15, -0.1) is 5.10 Å². The molecule has 1 fully saturated rings. The van der Waals surface area contributed by atoms with Crippen LogP contribution in [-0.4, -0.2) is 65.5 Å². The summed E-state index contributed by atoms with van der Waals surface area (Å²) in [5.74, 6) is 1.37. The normalized spacial score (nSPS) is 15.2. The largest absolute Gasteiger partial charge is 0.450 e. The first-order valence-electron chi connectivity index (χ1n) is 8.73. The van der Waals surface area contributed by atoms with E-state index in [1.165, 1.54) is 0 Å². The van der Waals surface area contributed by atoms with Crippen LogP contribution < -0.4 is 10.2 Å². The van der Waals surface area contributed by atoms with E-state index in [1.807, 2.05) is 14.0 Å². The smallest absolute Gasteiger partial charge is 0.409 e. The molecular formula is C16H28N6O2. The maximum Gasteiger partial charge on any atom is 0.409 e. The third-order valence-electron chi connectivity index (χ3n) is 4.14. The number of nitrogens with one attached hydrogen (secondary N) is 1. The van der Waals surface area contributed by atoms with Crippen molar-refractivity contribution in [3.8, 4) is 0 Å². The SMILES string of the molecule is CCCCN(C)c1cnnc(NC2CCN(C(=O)OCC)CC2)n1. The van der Waals surface area contributed by atoms with Gasteiger partial charge in [-0.1, -0.05) is 13.3 Å². The van der Waals surface area contributed by atoms with E-state index < -0.39 is 0 Å². The number of piperidine rings is 1. The molecule has 0 atom stereocenters. The van der Waals surface area contributed by atoms with E-state index in [9.17, 15) is 4.79 Å². The molecule has 2 heterocycles. The number of likely N-dealkylation sites (tertiary alicyclic amines) is 1. The maximum absolute atomic E-state index is 11.7. The Bertz CT molecular complexity index is 519. The Hall–Kier alpha value is -2.12. The van der Waals surface area contributed by atoms with Gasteiger partial charge in [-0.05, 0) is 26.2 Å². The first kappa shape index (κ1) is 18.2. The lowest BCUT2D eigenvalue weighted by atomic mass is 10.1. The zero-order valence-electron chi connectivity index (χ0n) is 14.9. The van der Waals surface area contributed by atoms with Crippen LogP contribution in [0.25, 0.3) is 0 Å². The van der Waals surface area contributed by atoms with Crippen molar-refractivity contribution in [2.24, 2.45) is 0 Å². The molecule has 1 aromatic rings. The molecule has 0 unspecified atom stereocenters. The van der Waals surface area contributed by atoms with Crippen LogP contribution >= 0.6 is 0 Å². The number of carbonyl (C=O) groups excluding carboxylic acids is 1. The number of unbranched alkanes of at least 4 members (excludes halogenated alkanes) is 1. The number of aromatic nitrogens is 3. The van der Waals surface area contributed by atoms with Gasteiger partial charge in [-0.25, -0.2) is 4.79 Å². The van der Waals surface area contributed by atoms with Gasteiger partial charge in [0, 0.05) is 32.7 Å². The molecule has 1 N–H and O–H groups in total. The van der Waals surface area contributed by atoms with Crippen molar-refractivity contribution in [1.82, 2.24) is 20.1 Å². The number of hydrogen-bond donors (Lipinski definition) is 1. The van der Waals surface area contributed by atoms with Crippen LogP contribution in [0, 0.1) is 0 Å². The van der Waals surface area contributed by atoms with Gasteiger partial charge in [0.2, 0.25) is 5.95 Å². The molecular weight excluding hydrogens is 308 g/mol. The summed E-state index contributed by atoms with van der Waals surface area (Å²) < 4.78 is 5.04. The summed E-state index contributed by atoms with van der Waals surface area (Å²) in [5.41, 5.74) is 0. The van der Waals surface area contributed by atoms with Crippen molar-refractivity contribution in [3.05, 3.63) is 6.20 Å². The minimum atomic E-state index is -0.228. The Morgan fingerprint density at radius 3 is 2.83 bits per heavy atom. The Morgan fingerprint density at radius 1 is 1.42 bits per heavy atom. The molecule has 0 saturated carbocycles. The van der Waals surface area contributed by atoms with Crippen LogP contribution in [0.1, 0.15) is 39.5 Å². The number of anilines is 2. The fourth-order valence-electron chi connectivity index (χ4n) is 2.65. The molecule has 2 rings (SSSR count). The van der Waals surface area contributed by atoms with Gasteiger partial charge >= 0.3 is 6.09 Å². The van der Waals surface area contributed by atoms with E-state index in [0.717, 1.165) is 38.0 Å². The van der Waals surface area contributed by atoms with E-state index >= 15 is 0 Å². The van der Waals surface area contributed by atoms with Crippen molar-refractivity contribution in [1.29, 1.82) is 0 Å². The highest BCUT2D eigenvalue weighted by atomic mass is 16.6. The molecule has 0 bridgehead atoms. The predicted molar refractivity (Wildman–Crippen MR) is 93.2 cm³/mol. The lowest BCUT2D eigenvalue weighted by molar-refractivity contribution is 0.0983. The van der Waals surface area contributed by atoms with Crippen molar-refractivity contribution < 1.29 is 9.53 Å². The molecule has 8 heteroatoms. The lowest BCUT2D eigenvalue weighted by Crippen LogP contribution is -2.42. The van der Waals surface area contributed by atoms with Gasteiger partial charge in [0.15, 0.2) is 5.82 Å². The highest BCUT2D eigenvalue weighted by molar-refractivity contribution is 5.67. The molecule has 1 amide bonds. The Labute approximate surface area is 143 Å². The summed E-state index contributed by atoms with van der Waals surface area (Å²) >= 11 is 0. The van der Waals surface area contributed by atoms with Crippen LogP contribution in [0.2, 0.25) is 0 Å². The molecule has 1 saturated heterocycles. The second-order valence-corrected chi connectivity index (χ2v) is 6.02. The molecule has 1 aliphatic rings. The van der Waals surface area contributed by atoms with Gasteiger partial charge in [0.05, 0.1) is 12.8 Å². The van der Waals surface area contributed by atoms with Gasteiger partial charge in [0.1, 0.15) is 0 Å². The zero-order chi connectivity index (χ0) is 17.4. The van der Waals surface area contributed by atoms with E-state index in [0.29, 0.717) is 25.6 Å². The Morgan fingerprint density at radius 2 is 2.17 bits per heavy atom. The van der Waals surface area contributed by atoms with Crippen LogP contribution in [0.3, 0.4) is 0 Å². The number of carbonyl (C=O) groups is 1. The van der Waals surface area contributed by atoms with E-state index in [-0.39, 0.29) is 12.1 Å². The van der Waals surface area contributed by atoms with Crippen LogP contribution in [0.4, 0.5) is 16.6 Å². The van der Waals surface area contributed by atoms with E-state index in [4.69, 9.17) is 4.74 Å². The number of nitrogens with zero attached hydrogens (tertiary/aromatic N) is 5. The molecule has 1 aromatic heterocycles. The second-order valence-electron chi connectivity index (χ2n) is 6.02. The summed E-state index contributed by atoms with van der Waals surface area (Å²) in [4.78, 5) is 20.1. The fourth-order valence-corrected chi connectivity index (χ4v) is 2.65. The average molecular weight is 336 g/mol. The zero-order valence-corrected chi connectivity index (χ0v) is 14.9. The van der Waals surface area contributed by atoms with Crippen molar-refractivity contribution in [2.75, 3.05) is 43.5 Å². The molecule has 24 heavy (non-hydrogen) atoms. The highest BCUT2D eigenvalue weighted by Crippen LogP contribution is 2.16. The molecule has 134 valence electrons. The first-order valence-corrected chi connectivity index (χ1v) is 8.73. The van der Waals surface area contributed by atoms with Gasteiger partial charge < -0.3 is 19.9 Å². The summed E-state index contributed by atoms with van der Waals surface area (Å²) in [5, 5.41) is 11.5. The van der Waals surface area contributed by atoms with Crippen LogP contribution in [0.5, 0.6) is 0 Å². The highest BCUT2D eigenvalue weighted by Gasteiger charge is 2.24. The molecule has 1 aliphatic heterocycles. The Kier molecular flexibility index (Phi) is 7.02. The van der Waals surface area contributed by atoms with Gasteiger partial charge in [0.25, 0.3) is 0 Å². The Balaban J connectivity index is 1.85. The van der Waals surface area contributed by atoms with E-state index in [2.05, 4.69) is 32.3 Å². The van der Waals surface area contributed by atoms with Crippen LogP contribution in [0.15, 0.2) is 6.20 Å². The van der Waals surface area contributed by atoms with Crippen molar-refractivity contribution in [2.45, 2.75) is 45.6 Å². The number of rotatable bonds is 7. The predicted octanol–water partition coefficient (Wildman–Crippen LogP) is 2.14. The molecule has 0 radical (unpaired) electrons. The summed E-state index contributed by atoms with van der Waals surface area (Å²) in [6, 6.07) is 0.244. The van der Waals surface area contributed by atoms with Crippen LogP contribution in [-0.2, 0) is 4.74 Å². The van der Waals surface area contributed by atoms with Crippen molar-refractivity contribution >= 4 is 17.9 Å². The van der Waals surface area contributed by atoms with E-state index in [1.54, 1.807) is 11.1 Å². The standard InChI is InChI=1S/C16H28N6O2/c1-4-6-9-21(3)14-12-17-20-15(19-14)18-13-7-10-22(11-8-13)16(23)24-5-2/h12-13H,4-11H2,1-3H3,(H,18,19,20). The number of amides is 1. The summed E-state index contributed by atoms with van der Waals surface area (Å²) in [6.07, 6.45) is 5.41. The van der Waals surface area contributed by atoms with Crippen molar-refractivity contribution in [3.63, 3.8) is 0 Å². The molecule has 0 aromatic carbocycles. The van der Waals surface area contributed by atoms with Gasteiger partial charge in [-0.2, -0.15) is 10.1 Å². The second kappa shape index (κ2) is 9.24. The molecule has 0 spiro atoms. The van der Waals surface area contributed by atoms with Gasteiger partial charge in [-0.3, -0.25) is 0 Å². The minimum Gasteiger partial charge on any atom is -0.450 e. The fraction of sp³-hybridized carbons (Fsp3) is 0.750. The maximum atomic E-state index is 11.7. The topological polar surface area (TPSA) is 83.5 Å². The third kappa shape index (κ3) is 5.21. The number of ether oxygens (including phenoxy) is 1.